The van der Waals surface area contributed by atoms with Gasteiger partial charge < -0.3 is 15.2 Å². The maximum absolute atomic E-state index is 5.79. The van der Waals surface area contributed by atoms with E-state index in [1.54, 1.807) is 6.20 Å². The first-order valence-electron chi connectivity index (χ1n) is 5.71. The Morgan fingerprint density at radius 3 is 3.25 bits per heavy atom. The number of rotatable bonds is 4. The van der Waals surface area contributed by atoms with Crippen molar-refractivity contribution in [2.24, 2.45) is 5.73 Å². The molecule has 1 saturated heterocycles. The summed E-state index contributed by atoms with van der Waals surface area (Å²) in [4.78, 5) is 4.15. The van der Waals surface area contributed by atoms with E-state index in [4.69, 9.17) is 15.2 Å². The van der Waals surface area contributed by atoms with Crippen LogP contribution in [0.1, 0.15) is 31.4 Å². The topological polar surface area (TPSA) is 57.4 Å². The van der Waals surface area contributed by atoms with Gasteiger partial charge in [-0.3, -0.25) is 0 Å². The van der Waals surface area contributed by atoms with Crippen LogP contribution >= 0.6 is 0 Å². The van der Waals surface area contributed by atoms with Crippen LogP contribution in [0.4, 0.5) is 0 Å². The molecule has 0 spiro atoms. The standard InChI is InChI=1S/C12H18N2O2/c1-9(13)10-4-5-14-12(7-10)16-8-11-3-2-6-15-11/h4-5,7,9,11H,2-3,6,8,13H2,1H3/t9-,11?/m0/s1. The third-order valence-corrected chi connectivity index (χ3v) is 2.73. The van der Waals surface area contributed by atoms with E-state index < -0.39 is 0 Å². The monoisotopic (exact) mass is 222 g/mol. The van der Waals surface area contributed by atoms with Crippen LogP contribution < -0.4 is 10.5 Å². The van der Waals surface area contributed by atoms with Gasteiger partial charge in [-0.05, 0) is 31.4 Å². The quantitative estimate of drug-likeness (QED) is 0.841. The maximum Gasteiger partial charge on any atom is 0.213 e. The van der Waals surface area contributed by atoms with E-state index in [0.717, 1.165) is 25.0 Å². The number of aromatic nitrogens is 1. The molecule has 1 fully saturated rings. The van der Waals surface area contributed by atoms with Gasteiger partial charge in [0.2, 0.25) is 5.88 Å². The summed E-state index contributed by atoms with van der Waals surface area (Å²) in [5, 5.41) is 0. The molecular weight excluding hydrogens is 204 g/mol. The molecule has 1 unspecified atom stereocenters. The van der Waals surface area contributed by atoms with Crippen LogP contribution in [0.3, 0.4) is 0 Å². The molecule has 0 amide bonds. The molecule has 0 saturated carbocycles. The fourth-order valence-corrected chi connectivity index (χ4v) is 1.74. The second-order valence-electron chi connectivity index (χ2n) is 4.16. The summed E-state index contributed by atoms with van der Waals surface area (Å²) in [7, 11) is 0. The van der Waals surface area contributed by atoms with Crippen molar-refractivity contribution in [1.82, 2.24) is 4.98 Å². The molecule has 4 heteroatoms. The Bertz CT molecular complexity index is 336. The molecule has 1 aromatic rings. The van der Waals surface area contributed by atoms with E-state index in [1.165, 1.54) is 0 Å². The van der Waals surface area contributed by atoms with Gasteiger partial charge in [0, 0.05) is 24.9 Å². The zero-order chi connectivity index (χ0) is 11.4. The average molecular weight is 222 g/mol. The van der Waals surface area contributed by atoms with Crippen molar-refractivity contribution in [1.29, 1.82) is 0 Å². The number of nitrogens with zero attached hydrogens (tertiary/aromatic N) is 1. The first-order chi connectivity index (χ1) is 7.75. The summed E-state index contributed by atoms with van der Waals surface area (Å²) in [5.41, 5.74) is 6.83. The second kappa shape index (κ2) is 5.27. The molecule has 16 heavy (non-hydrogen) atoms. The van der Waals surface area contributed by atoms with Crippen molar-refractivity contribution in [3.63, 3.8) is 0 Å². The van der Waals surface area contributed by atoms with Gasteiger partial charge in [0.25, 0.3) is 0 Å². The molecule has 2 N–H and O–H groups in total. The van der Waals surface area contributed by atoms with Crippen LogP contribution in [0, 0.1) is 0 Å². The second-order valence-corrected chi connectivity index (χ2v) is 4.16. The van der Waals surface area contributed by atoms with Crippen molar-refractivity contribution in [3.05, 3.63) is 23.9 Å². The van der Waals surface area contributed by atoms with Crippen molar-refractivity contribution < 1.29 is 9.47 Å². The normalized spacial score (nSPS) is 22.0. The summed E-state index contributed by atoms with van der Waals surface area (Å²) in [5.74, 6) is 0.630. The van der Waals surface area contributed by atoms with Gasteiger partial charge in [-0.25, -0.2) is 4.98 Å². The molecule has 2 atom stereocenters. The van der Waals surface area contributed by atoms with Crippen molar-refractivity contribution in [2.75, 3.05) is 13.2 Å². The van der Waals surface area contributed by atoms with Crippen LogP contribution in [-0.4, -0.2) is 24.3 Å². The lowest BCUT2D eigenvalue weighted by molar-refractivity contribution is 0.0663. The van der Waals surface area contributed by atoms with Gasteiger partial charge in [-0.2, -0.15) is 0 Å². The Balaban J connectivity index is 1.90. The van der Waals surface area contributed by atoms with Crippen LogP contribution in [0.15, 0.2) is 18.3 Å². The van der Waals surface area contributed by atoms with Crippen LogP contribution in [0.5, 0.6) is 5.88 Å². The van der Waals surface area contributed by atoms with Gasteiger partial charge in [0.1, 0.15) is 6.61 Å². The predicted octanol–water partition coefficient (Wildman–Crippen LogP) is 1.66. The lowest BCUT2D eigenvalue weighted by atomic mass is 10.1. The van der Waals surface area contributed by atoms with E-state index in [-0.39, 0.29) is 12.1 Å². The van der Waals surface area contributed by atoms with Gasteiger partial charge in [0.15, 0.2) is 0 Å². The molecule has 1 aliphatic rings. The molecule has 4 nitrogen and oxygen atoms in total. The first-order valence-corrected chi connectivity index (χ1v) is 5.71. The van der Waals surface area contributed by atoms with E-state index >= 15 is 0 Å². The van der Waals surface area contributed by atoms with Crippen molar-refractivity contribution in [2.45, 2.75) is 31.9 Å². The third-order valence-electron chi connectivity index (χ3n) is 2.73. The lowest BCUT2D eigenvalue weighted by Gasteiger charge is -2.12. The highest BCUT2D eigenvalue weighted by Crippen LogP contribution is 2.17. The molecule has 1 aliphatic heterocycles. The number of hydrogen-bond acceptors (Lipinski definition) is 4. The van der Waals surface area contributed by atoms with Gasteiger partial charge in [-0.1, -0.05) is 0 Å². The first kappa shape index (κ1) is 11.4. The van der Waals surface area contributed by atoms with E-state index in [1.807, 2.05) is 19.1 Å². The summed E-state index contributed by atoms with van der Waals surface area (Å²) in [6.45, 7) is 3.37. The molecule has 0 aromatic carbocycles. The van der Waals surface area contributed by atoms with Gasteiger partial charge in [0.05, 0.1) is 6.10 Å². The Kier molecular flexibility index (Phi) is 3.74. The summed E-state index contributed by atoms with van der Waals surface area (Å²) in [6, 6.07) is 3.80. The van der Waals surface area contributed by atoms with Crippen molar-refractivity contribution in [3.8, 4) is 5.88 Å². The zero-order valence-corrected chi connectivity index (χ0v) is 9.56. The Morgan fingerprint density at radius 2 is 2.56 bits per heavy atom. The van der Waals surface area contributed by atoms with E-state index in [0.29, 0.717) is 12.5 Å². The number of nitrogens with two attached hydrogens (primary N) is 1. The highest BCUT2D eigenvalue weighted by molar-refractivity contribution is 5.22. The molecule has 0 radical (unpaired) electrons. The fourth-order valence-electron chi connectivity index (χ4n) is 1.74. The Labute approximate surface area is 95.8 Å². The minimum Gasteiger partial charge on any atom is -0.475 e. The molecule has 1 aromatic heterocycles. The van der Waals surface area contributed by atoms with Crippen LogP contribution in [-0.2, 0) is 4.74 Å². The average Bonchev–Trinajstić information content (AvgIpc) is 2.79. The number of pyridine rings is 1. The smallest absolute Gasteiger partial charge is 0.213 e. The SMILES string of the molecule is C[C@H](N)c1ccnc(OCC2CCCO2)c1. The van der Waals surface area contributed by atoms with Gasteiger partial charge in [-0.15, -0.1) is 0 Å². The summed E-state index contributed by atoms with van der Waals surface area (Å²) < 4.78 is 11.1. The van der Waals surface area contributed by atoms with E-state index in [2.05, 4.69) is 4.98 Å². The van der Waals surface area contributed by atoms with Crippen LogP contribution in [0.2, 0.25) is 0 Å². The Morgan fingerprint density at radius 1 is 1.69 bits per heavy atom. The minimum atomic E-state index is 0.00748. The predicted molar refractivity (Wildman–Crippen MR) is 61.3 cm³/mol. The van der Waals surface area contributed by atoms with Crippen LogP contribution in [0.25, 0.3) is 0 Å². The number of ether oxygens (including phenoxy) is 2. The highest BCUT2D eigenvalue weighted by atomic mass is 16.5. The third kappa shape index (κ3) is 2.93. The Hall–Kier alpha value is -1.13. The molecule has 88 valence electrons. The molecule has 0 bridgehead atoms. The molecule has 2 rings (SSSR count). The highest BCUT2D eigenvalue weighted by Gasteiger charge is 2.16. The molecular formula is C12H18N2O2. The van der Waals surface area contributed by atoms with Gasteiger partial charge >= 0.3 is 0 Å². The minimum absolute atomic E-state index is 0.00748. The zero-order valence-electron chi connectivity index (χ0n) is 9.56. The lowest BCUT2D eigenvalue weighted by Crippen LogP contribution is -2.17. The molecule has 0 aliphatic carbocycles. The van der Waals surface area contributed by atoms with Crippen molar-refractivity contribution >= 4 is 0 Å². The summed E-state index contributed by atoms with van der Waals surface area (Å²) in [6.07, 6.45) is 4.15. The molecule has 2 heterocycles. The van der Waals surface area contributed by atoms with E-state index in [9.17, 15) is 0 Å². The maximum atomic E-state index is 5.79. The largest absolute Gasteiger partial charge is 0.475 e. The summed E-state index contributed by atoms with van der Waals surface area (Å²) >= 11 is 0. The fraction of sp³-hybridized carbons (Fsp3) is 0.583. The number of hydrogen-bond donors (Lipinski definition) is 1.